The third-order valence-electron chi connectivity index (χ3n) is 6.94. The van der Waals surface area contributed by atoms with E-state index in [-0.39, 0.29) is 24.1 Å². The van der Waals surface area contributed by atoms with Crippen molar-refractivity contribution in [2.75, 3.05) is 42.2 Å². The quantitative estimate of drug-likeness (QED) is 0.234. The van der Waals surface area contributed by atoms with Gasteiger partial charge in [0.1, 0.15) is 11.5 Å². The number of carbonyl (C=O) groups excluding carboxylic acids is 1. The molecule has 0 spiro atoms. The van der Waals surface area contributed by atoms with Crippen LogP contribution in [0.3, 0.4) is 0 Å². The lowest BCUT2D eigenvalue weighted by atomic mass is 10.2. The molecule has 0 bridgehead atoms. The van der Waals surface area contributed by atoms with E-state index in [9.17, 15) is 13.2 Å². The maximum absolute atomic E-state index is 12.8. The Morgan fingerprint density at radius 3 is 2.32 bits per heavy atom. The van der Waals surface area contributed by atoms with Crippen LogP contribution in [0.2, 0.25) is 0 Å². The Morgan fingerprint density at radius 1 is 0.976 bits per heavy atom. The van der Waals surface area contributed by atoms with Gasteiger partial charge in [0.2, 0.25) is 16.8 Å². The van der Waals surface area contributed by atoms with E-state index in [2.05, 4.69) is 27.4 Å². The number of nitrogens with one attached hydrogen (secondary N) is 2. The van der Waals surface area contributed by atoms with Crippen LogP contribution < -0.4 is 24.4 Å². The van der Waals surface area contributed by atoms with Gasteiger partial charge in [-0.2, -0.15) is 0 Å². The standard InChI is InChI=1S/C29H32N6O5S/c1-19-8-7-13-34(19)18-27(36)30-20-9-6-10-22(14-20)35(41(37)38)29-28(32-25-11-4-5-12-26(25)33-29)31-21-15-23(39-2)17-24(16-21)40-3/h4-6,9-12,14-17,19,41H,7-8,13,18H2,1-3H3,(H,30,36)(H,31,32). The fourth-order valence-electron chi connectivity index (χ4n) is 4.86. The first-order chi connectivity index (χ1) is 19.8. The first-order valence-corrected chi connectivity index (χ1v) is 14.3. The molecule has 1 fully saturated rings. The van der Waals surface area contributed by atoms with E-state index in [0.717, 1.165) is 23.7 Å². The molecular formula is C29H32N6O5S. The van der Waals surface area contributed by atoms with E-state index in [1.165, 1.54) is 0 Å². The molecule has 12 heteroatoms. The number of hydrogen-bond acceptors (Lipinski definition) is 9. The van der Waals surface area contributed by atoms with Gasteiger partial charge in [-0.15, -0.1) is 0 Å². The SMILES string of the molecule is COc1cc(Nc2nc3ccccc3nc2N(c2cccc(NC(=O)CN3CCCC3C)c2)[SH](=O)=O)cc(OC)c1. The molecule has 4 aromatic rings. The molecule has 41 heavy (non-hydrogen) atoms. The molecule has 1 aliphatic rings. The highest BCUT2D eigenvalue weighted by atomic mass is 32.2. The van der Waals surface area contributed by atoms with Crippen LogP contribution in [0.1, 0.15) is 19.8 Å². The highest BCUT2D eigenvalue weighted by molar-refractivity contribution is 7.74. The third-order valence-corrected chi connectivity index (χ3v) is 7.69. The number of ether oxygens (including phenoxy) is 2. The lowest BCUT2D eigenvalue weighted by Crippen LogP contribution is -2.35. The Kier molecular flexibility index (Phi) is 8.50. The second-order valence-corrected chi connectivity index (χ2v) is 10.6. The number of rotatable bonds is 10. The fourth-order valence-corrected chi connectivity index (χ4v) is 5.47. The third kappa shape index (κ3) is 6.50. The summed E-state index contributed by atoms with van der Waals surface area (Å²) in [7, 11) is -0.125. The molecule has 1 unspecified atom stereocenters. The minimum absolute atomic E-state index is 0.0657. The second kappa shape index (κ2) is 12.4. The van der Waals surface area contributed by atoms with Crippen molar-refractivity contribution in [2.24, 2.45) is 0 Å². The molecule has 1 amide bonds. The van der Waals surface area contributed by atoms with Gasteiger partial charge in [-0.05, 0) is 56.6 Å². The summed E-state index contributed by atoms with van der Waals surface area (Å²) in [5.74, 6) is 1.20. The molecule has 214 valence electrons. The molecule has 2 N–H and O–H groups in total. The predicted octanol–water partition coefficient (Wildman–Crippen LogP) is 4.48. The minimum Gasteiger partial charge on any atom is -0.497 e. The van der Waals surface area contributed by atoms with Crippen LogP contribution in [0.25, 0.3) is 11.0 Å². The van der Waals surface area contributed by atoms with Gasteiger partial charge in [0, 0.05) is 35.6 Å². The fraction of sp³-hybridized carbons (Fsp3) is 0.276. The lowest BCUT2D eigenvalue weighted by Gasteiger charge is -2.22. The average Bonchev–Trinajstić information content (AvgIpc) is 3.36. The van der Waals surface area contributed by atoms with Gasteiger partial charge >= 0.3 is 0 Å². The van der Waals surface area contributed by atoms with Crippen molar-refractivity contribution in [3.63, 3.8) is 0 Å². The molecule has 1 saturated heterocycles. The van der Waals surface area contributed by atoms with E-state index < -0.39 is 10.9 Å². The zero-order chi connectivity index (χ0) is 28.9. The summed E-state index contributed by atoms with van der Waals surface area (Å²) >= 11 is 0. The zero-order valence-electron chi connectivity index (χ0n) is 23.0. The lowest BCUT2D eigenvalue weighted by molar-refractivity contribution is -0.117. The van der Waals surface area contributed by atoms with Gasteiger partial charge in [0.15, 0.2) is 11.6 Å². The molecule has 1 atom stereocenters. The predicted molar refractivity (Wildman–Crippen MR) is 160 cm³/mol. The van der Waals surface area contributed by atoms with Crippen LogP contribution in [0, 0.1) is 0 Å². The van der Waals surface area contributed by atoms with Gasteiger partial charge in [-0.3, -0.25) is 9.69 Å². The second-order valence-electron chi connectivity index (χ2n) is 9.72. The largest absolute Gasteiger partial charge is 0.497 e. The first kappa shape index (κ1) is 28.1. The van der Waals surface area contributed by atoms with Crippen molar-refractivity contribution < 1.29 is 22.7 Å². The maximum Gasteiger partial charge on any atom is 0.238 e. The van der Waals surface area contributed by atoms with Crippen molar-refractivity contribution in [1.29, 1.82) is 0 Å². The molecule has 0 radical (unpaired) electrons. The Morgan fingerprint density at radius 2 is 1.68 bits per heavy atom. The minimum atomic E-state index is -3.21. The number of fused-ring (bicyclic) bond motifs is 1. The normalized spacial score (nSPS) is 15.2. The number of amides is 1. The summed E-state index contributed by atoms with van der Waals surface area (Å²) in [5.41, 5.74) is 2.42. The van der Waals surface area contributed by atoms with Crippen LogP contribution in [0.5, 0.6) is 11.5 Å². The molecule has 11 nitrogen and oxygen atoms in total. The van der Waals surface area contributed by atoms with E-state index in [4.69, 9.17) is 14.5 Å². The molecule has 3 aromatic carbocycles. The number of benzene rings is 3. The van der Waals surface area contributed by atoms with Gasteiger partial charge in [0.05, 0.1) is 37.5 Å². The number of thiol groups is 1. The van der Waals surface area contributed by atoms with Crippen LogP contribution in [-0.2, 0) is 15.7 Å². The van der Waals surface area contributed by atoms with Gasteiger partial charge in [-0.1, -0.05) is 18.2 Å². The van der Waals surface area contributed by atoms with Gasteiger partial charge in [-0.25, -0.2) is 22.7 Å². The summed E-state index contributed by atoms with van der Waals surface area (Å²) in [6, 6.07) is 19.4. The van der Waals surface area contributed by atoms with Crippen molar-refractivity contribution >= 4 is 56.5 Å². The highest BCUT2D eigenvalue weighted by Crippen LogP contribution is 2.35. The molecule has 5 rings (SSSR count). The Labute approximate surface area is 240 Å². The van der Waals surface area contributed by atoms with Crippen LogP contribution >= 0.6 is 0 Å². The molecule has 0 saturated carbocycles. The Hall–Kier alpha value is -4.42. The molecule has 2 heterocycles. The molecule has 1 aromatic heterocycles. The Bertz CT molecular complexity index is 1620. The number of aromatic nitrogens is 2. The summed E-state index contributed by atoms with van der Waals surface area (Å²) in [4.78, 5) is 24.3. The van der Waals surface area contributed by atoms with Crippen LogP contribution in [0.4, 0.5) is 28.7 Å². The number of para-hydroxylation sites is 2. The van der Waals surface area contributed by atoms with Crippen LogP contribution in [0.15, 0.2) is 66.7 Å². The number of hydrogen-bond donors (Lipinski definition) is 3. The Balaban J connectivity index is 1.52. The van der Waals surface area contributed by atoms with E-state index in [0.29, 0.717) is 45.6 Å². The first-order valence-electron chi connectivity index (χ1n) is 13.2. The summed E-state index contributed by atoms with van der Waals surface area (Å²) in [5, 5.41) is 6.09. The highest BCUT2D eigenvalue weighted by Gasteiger charge is 2.24. The summed E-state index contributed by atoms with van der Waals surface area (Å²) in [6.45, 7) is 3.27. The monoisotopic (exact) mass is 576 g/mol. The van der Waals surface area contributed by atoms with Gasteiger partial charge in [0.25, 0.3) is 0 Å². The number of nitrogens with zero attached hydrogens (tertiary/aromatic N) is 4. The number of methoxy groups -OCH3 is 2. The molecule has 1 aliphatic heterocycles. The number of anilines is 5. The van der Waals surface area contributed by atoms with Crippen LogP contribution in [-0.4, -0.2) is 62.5 Å². The van der Waals surface area contributed by atoms with Crippen molar-refractivity contribution in [3.05, 3.63) is 66.7 Å². The maximum atomic E-state index is 12.8. The topological polar surface area (TPSA) is 126 Å². The molecule has 0 aliphatic carbocycles. The number of likely N-dealkylation sites (tertiary alicyclic amines) is 1. The number of carbonyl (C=O) groups is 1. The van der Waals surface area contributed by atoms with Crippen molar-refractivity contribution in [3.8, 4) is 11.5 Å². The summed E-state index contributed by atoms with van der Waals surface area (Å²) < 4.78 is 37.4. The zero-order valence-corrected chi connectivity index (χ0v) is 23.9. The van der Waals surface area contributed by atoms with Gasteiger partial charge < -0.3 is 20.1 Å². The smallest absolute Gasteiger partial charge is 0.238 e. The van der Waals surface area contributed by atoms with E-state index in [1.54, 1.807) is 74.9 Å². The van der Waals surface area contributed by atoms with E-state index in [1.807, 2.05) is 6.07 Å². The summed E-state index contributed by atoms with van der Waals surface area (Å²) in [6.07, 6.45) is 2.14. The average molecular weight is 577 g/mol. The van der Waals surface area contributed by atoms with E-state index >= 15 is 0 Å². The molecular weight excluding hydrogens is 544 g/mol. The van der Waals surface area contributed by atoms with Crippen molar-refractivity contribution in [2.45, 2.75) is 25.8 Å². The van der Waals surface area contributed by atoms with Crippen molar-refractivity contribution in [1.82, 2.24) is 14.9 Å².